The summed E-state index contributed by atoms with van der Waals surface area (Å²) in [6, 6.07) is 104. The Morgan fingerprint density at radius 3 is 1.28 bits per heavy atom. The van der Waals surface area contributed by atoms with Gasteiger partial charge in [-0.1, -0.05) is 231 Å². The van der Waals surface area contributed by atoms with Gasteiger partial charge in [-0.05, 0) is 142 Å². The molecule has 13 aromatic carbocycles. The lowest BCUT2D eigenvalue weighted by Gasteiger charge is -2.34. The number of para-hydroxylation sites is 2. The fraction of sp³-hybridized carbons (Fsp3) is 0.0137. The van der Waals surface area contributed by atoms with Crippen molar-refractivity contribution in [2.75, 3.05) is 4.90 Å². The highest BCUT2D eigenvalue weighted by Crippen LogP contribution is 2.64. The van der Waals surface area contributed by atoms with Crippen molar-refractivity contribution >= 4 is 71.2 Å². The third kappa shape index (κ3) is 5.91. The first-order chi connectivity index (χ1) is 37.2. The summed E-state index contributed by atoms with van der Waals surface area (Å²) in [5.41, 5.74) is 21.1. The van der Waals surface area contributed by atoms with E-state index in [1.165, 1.54) is 98.7 Å². The van der Waals surface area contributed by atoms with Gasteiger partial charge in [-0.2, -0.15) is 0 Å². The standard InChI is InChI=1S/C73H46N2/c1-3-21-47(22-4-1)49-39-42-70(61(43-49)48-23-5-2-6-24-48)74(50-40-41-55-53-27-8-7-25-51(53)52-26-9-10-28-54(52)62(55)44-50)72-46-67-63(45-71(72)75-68-37-19-14-32-59(68)60-33-15-20-38-69(60)75)58-31-13-18-36-66(58)73(67)64-34-16-11-29-56(64)57-30-12-17-35-65(57)73/h1-46H. The van der Waals surface area contributed by atoms with Crippen molar-refractivity contribution in [3.05, 3.63) is 301 Å². The van der Waals surface area contributed by atoms with Gasteiger partial charge < -0.3 is 9.47 Å². The zero-order chi connectivity index (χ0) is 49.2. The first kappa shape index (κ1) is 41.8. The Bertz CT molecular complexity index is 4520. The van der Waals surface area contributed by atoms with E-state index in [1.807, 2.05) is 0 Å². The maximum absolute atomic E-state index is 2.60. The number of rotatable bonds is 6. The summed E-state index contributed by atoms with van der Waals surface area (Å²) in [6.07, 6.45) is 0. The van der Waals surface area contributed by atoms with Gasteiger partial charge in [0, 0.05) is 22.0 Å². The van der Waals surface area contributed by atoms with Crippen LogP contribution in [0.25, 0.3) is 104 Å². The van der Waals surface area contributed by atoms with E-state index in [2.05, 4.69) is 289 Å². The largest absolute Gasteiger partial charge is 0.308 e. The minimum Gasteiger partial charge on any atom is -0.308 e. The van der Waals surface area contributed by atoms with Gasteiger partial charge in [0.15, 0.2) is 0 Å². The molecule has 348 valence electrons. The number of aromatic nitrogens is 1. The molecule has 1 spiro atoms. The second-order valence-electron chi connectivity index (χ2n) is 20.3. The van der Waals surface area contributed by atoms with Gasteiger partial charge in [0.05, 0.1) is 33.5 Å². The van der Waals surface area contributed by atoms with Gasteiger partial charge in [0.2, 0.25) is 0 Å². The van der Waals surface area contributed by atoms with Crippen LogP contribution < -0.4 is 4.90 Å². The summed E-state index contributed by atoms with van der Waals surface area (Å²) in [4.78, 5) is 2.60. The number of anilines is 3. The molecule has 2 aliphatic carbocycles. The SMILES string of the molecule is c1ccc(-c2ccc(N(c3ccc4c5ccccc5c5ccccc5c4c3)c3cc4c(cc3-n3c5ccccc5c5ccccc53)-c3ccccc3C43c4ccccc4-c4ccccc43)c(-c3ccccc3)c2)cc1. The zero-order valence-electron chi connectivity index (χ0n) is 41.0. The van der Waals surface area contributed by atoms with Crippen LogP contribution in [0.1, 0.15) is 22.3 Å². The average Bonchev–Trinajstić information content (AvgIpc) is 4.28. The first-order valence-corrected chi connectivity index (χ1v) is 26.1. The minimum atomic E-state index is -0.573. The maximum Gasteiger partial charge on any atom is 0.0726 e. The third-order valence-corrected chi connectivity index (χ3v) is 16.6. The van der Waals surface area contributed by atoms with E-state index in [9.17, 15) is 0 Å². The molecule has 0 saturated carbocycles. The monoisotopic (exact) mass is 950 g/mol. The molecule has 1 aromatic heterocycles. The van der Waals surface area contributed by atoms with Crippen LogP contribution in [0, 0.1) is 0 Å². The number of fused-ring (bicyclic) bond motifs is 19. The Morgan fingerprint density at radius 2 is 0.707 bits per heavy atom. The number of hydrogen-bond acceptors (Lipinski definition) is 1. The average molecular weight is 951 g/mol. The maximum atomic E-state index is 2.60. The summed E-state index contributed by atoms with van der Waals surface area (Å²) in [6.45, 7) is 0. The highest BCUT2D eigenvalue weighted by Gasteiger charge is 2.52. The van der Waals surface area contributed by atoms with E-state index in [4.69, 9.17) is 0 Å². The molecule has 0 saturated heterocycles. The molecule has 0 fully saturated rings. The van der Waals surface area contributed by atoms with Crippen LogP contribution in [0.2, 0.25) is 0 Å². The smallest absolute Gasteiger partial charge is 0.0726 e. The Hall–Kier alpha value is -9.76. The summed E-state index contributed by atoms with van der Waals surface area (Å²) in [5.74, 6) is 0. The third-order valence-electron chi connectivity index (χ3n) is 16.6. The fourth-order valence-corrected chi connectivity index (χ4v) is 13.5. The van der Waals surface area contributed by atoms with E-state index in [1.54, 1.807) is 0 Å². The van der Waals surface area contributed by atoms with Gasteiger partial charge in [-0.15, -0.1) is 0 Å². The molecule has 0 aliphatic heterocycles. The lowest BCUT2D eigenvalue weighted by molar-refractivity contribution is 0.793. The first-order valence-electron chi connectivity index (χ1n) is 26.1. The molecule has 0 N–H and O–H groups in total. The molecule has 2 heteroatoms. The van der Waals surface area contributed by atoms with Crippen molar-refractivity contribution in [3.63, 3.8) is 0 Å². The van der Waals surface area contributed by atoms with Crippen molar-refractivity contribution in [1.82, 2.24) is 4.57 Å². The molecule has 0 unspecified atom stereocenters. The second kappa shape index (κ2) is 16.1. The van der Waals surface area contributed by atoms with Crippen molar-refractivity contribution in [3.8, 4) is 50.2 Å². The Morgan fingerprint density at radius 1 is 0.253 bits per heavy atom. The molecule has 0 atom stereocenters. The van der Waals surface area contributed by atoms with Crippen LogP contribution in [0.5, 0.6) is 0 Å². The molecule has 16 rings (SSSR count). The Balaban J connectivity index is 1.10. The highest BCUT2D eigenvalue weighted by molar-refractivity contribution is 6.26. The topological polar surface area (TPSA) is 8.17 Å². The van der Waals surface area contributed by atoms with Crippen LogP contribution in [0.15, 0.2) is 279 Å². The quantitative estimate of drug-likeness (QED) is 0.151. The lowest BCUT2D eigenvalue weighted by atomic mass is 9.70. The summed E-state index contributed by atoms with van der Waals surface area (Å²) < 4.78 is 2.54. The molecule has 2 aliphatic rings. The summed E-state index contributed by atoms with van der Waals surface area (Å²) >= 11 is 0. The molecule has 75 heavy (non-hydrogen) atoms. The van der Waals surface area contributed by atoms with Gasteiger partial charge >= 0.3 is 0 Å². The van der Waals surface area contributed by atoms with E-state index in [0.29, 0.717) is 0 Å². The summed E-state index contributed by atoms with van der Waals surface area (Å²) in [5, 5.41) is 9.91. The van der Waals surface area contributed by atoms with Gasteiger partial charge in [-0.25, -0.2) is 0 Å². The van der Waals surface area contributed by atoms with Gasteiger partial charge in [0.25, 0.3) is 0 Å². The number of nitrogens with zero attached hydrogens (tertiary/aromatic N) is 2. The molecule has 1 heterocycles. The minimum absolute atomic E-state index is 0.573. The van der Waals surface area contributed by atoms with Crippen LogP contribution in [0.3, 0.4) is 0 Å². The Labute approximate surface area is 435 Å². The number of benzene rings is 13. The molecular formula is C73H46N2. The van der Waals surface area contributed by atoms with Crippen molar-refractivity contribution < 1.29 is 0 Å². The highest BCUT2D eigenvalue weighted by atomic mass is 15.2. The van der Waals surface area contributed by atoms with Crippen LogP contribution >= 0.6 is 0 Å². The summed E-state index contributed by atoms with van der Waals surface area (Å²) in [7, 11) is 0. The predicted octanol–water partition coefficient (Wildman–Crippen LogP) is 19.4. The lowest BCUT2D eigenvalue weighted by Crippen LogP contribution is -2.26. The van der Waals surface area contributed by atoms with Crippen LogP contribution in [-0.2, 0) is 5.41 Å². The molecule has 14 aromatic rings. The van der Waals surface area contributed by atoms with Gasteiger partial charge in [0.1, 0.15) is 0 Å². The van der Waals surface area contributed by atoms with E-state index >= 15 is 0 Å². The fourth-order valence-electron chi connectivity index (χ4n) is 13.5. The normalized spacial score (nSPS) is 12.9. The van der Waals surface area contributed by atoms with Crippen molar-refractivity contribution in [1.29, 1.82) is 0 Å². The van der Waals surface area contributed by atoms with E-state index in [0.717, 1.165) is 44.9 Å². The van der Waals surface area contributed by atoms with E-state index < -0.39 is 5.41 Å². The van der Waals surface area contributed by atoms with Crippen molar-refractivity contribution in [2.24, 2.45) is 0 Å². The molecule has 0 radical (unpaired) electrons. The second-order valence-corrected chi connectivity index (χ2v) is 20.3. The van der Waals surface area contributed by atoms with Crippen LogP contribution in [0.4, 0.5) is 17.1 Å². The molecule has 0 bridgehead atoms. The predicted molar refractivity (Wildman–Crippen MR) is 315 cm³/mol. The van der Waals surface area contributed by atoms with Crippen molar-refractivity contribution in [2.45, 2.75) is 5.41 Å². The van der Waals surface area contributed by atoms with Gasteiger partial charge in [-0.3, -0.25) is 0 Å². The molecule has 2 nitrogen and oxygen atoms in total. The molecule has 0 amide bonds. The Kier molecular flexibility index (Phi) is 8.99. The zero-order valence-corrected chi connectivity index (χ0v) is 41.0. The number of hydrogen-bond donors (Lipinski definition) is 0. The van der Waals surface area contributed by atoms with E-state index in [-0.39, 0.29) is 0 Å². The molecular weight excluding hydrogens is 905 g/mol. The van der Waals surface area contributed by atoms with Crippen LogP contribution in [-0.4, -0.2) is 4.57 Å².